The predicted octanol–water partition coefficient (Wildman–Crippen LogP) is 0.865. The monoisotopic (exact) mass is 179 g/mol. The van der Waals surface area contributed by atoms with Crippen molar-refractivity contribution in [3.8, 4) is 0 Å². The molecule has 1 fully saturated rings. The lowest BCUT2D eigenvalue weighted by molar-refractivity contribution is 0.124. The Hall–Kier alpha value is -0.930. The molecule has 0 spiro atoms. The van der Waals surface area contributed by atoms with Crippen molar-refractivity contribution in [1.29, 1.82) is 0 Å². The van der Waals surface area contributed by atoms with Crippen LogP contribution >= 0.6 is 0 Å². The van der Waals surface area contributed by atoms with Gasteiger partial charge in [-0.25, -0.2) is 0 Å². The number of ether oxygens (including phenoxy) is 1. The molecule has 0 aromatic carbocycles. The summed E-state index contributed by atoms with van der Waals surface area (Å²) in [5, 5.41) is 9.61. The van der Waals surface area contributed by atoms with Gasteiger partial charge in [0.15, 0.2) is 0 Å². The largest absolute Gasteiger partial charge is 0.390 e. The molecule has 70 valence electrons. The van der Waals surface area contributed by atoms with Gasteiger partial charge in [0.25, 0.3) is 0 Å². The summed E-state index contributed by atoms with van der Waals surface area (Å²) < 4.78 is 5.20. The summed E-state index contributed by atoms with van der Waals surface area (Å²) >= 11 is 0. The van der Waals surface area contributed by atoms with Gasteiger partial charge in [-0.15, -0.1) is 0 Å². The number of hydrogen-bond acceptors (Lipinski definition) is 3. The fourth-order valence-corrected chi connectivity index (χ4v) is 1.73. The molecule has 2 rings (SSSR count). The Bertz CT molecular complexity index is 301. The van der Waals surface area contributed by atoms with Gasteiger partial charge in [-0.3, -0.25) is 4.98 Å². The smallest absolute Gasteiger partial charge is 0.0864 e. The van der Waals surface area contributed by atoms with Crippen molar-refractivity contribution < 1.29 is 9.84 Å². The highest BCUT2D eigenvalue weighted by molar-refractivity contribution is 5.25. The Kier molecular flexibility index (Phi) is 2.29. The molecule has 0 radical (unpaired) electrons. The van der Waals surface area contributed by atoms with E-state index in [1.807, 2.05) is 19.1 Å². The third-order valence-electron chi connectivity index (χ3n) is 2.50. The van der Waals surface area contributed by atoms with Crippen molar-refractivity contribution in [3.05, 3.63) is 29.6 Å². The number of hydrogen-bond donors (Lipinski definition) is 1. The van der Waals surface area contributed by atoms with Gasteiger partial charge in [0.2, 0.25) is 0 Å². The number of pyridine rings is 1. The van der Waals surface area contributed by atoms with Crippen LogP contribution in [0.15, 0.2) is 18.3 Å². The van der Waals surface area contributed by atoms with Gasteiger partial charge in [-0.05, 0) is 18.6 Å². The Morgan fingerprint density at radius 1 is 1.54 bits per heavy atom. The summed E-state index contributed by atoms with van der Waals surface area (Å²) in [5.41, 5.74) is 2.09. The van der Waals surface area contributed by atoms with Crippen LogP contribution in [0.4, 0.5) is 0 Å². The fourth-order valence-electron chi connectivity index (χ4n) is 1.73. The molecule has 3 heteroatoms. The molecule has 13 heavy (non-hydrogen) atoms. The lowest BCUT2D eigenvalue weighted by Crippen LogP contribution is -2.16. The predicted molar refractivity (Wildman–Crippen MR) is 48.5 cm³/mol. The molecule has 1 aromatic heterocycles. The summed E-state index contributed by atoms with van der Waals surface area (Å²) in [4.78, 5) is 4.19. The van der Waals surface area contributed by atoms with Crippen LogP contribution in [-0.4, -0.2) is 29.4 Å². The number of rotatable bonds is 1. The Labute approximate surface area is 77.4 Å². The lowest BCUT2D eigenvalue weighted by atomic mass is 9.95. The van der Waals surface area contributed by atoms with Crippen molar-refractivity contribution in [3.63, 3.8) is 0 Å². The van der Waals surface area contributed by atoms with E-state index in [-0.39, 0.29) is 12.0 Å². The maximum absolute atomic E-state index is 9.61. The zero-order chi connectivity index (χ0) is 9.26. The molecule has 0 saturated carbocycles. The van der Waals surface area contributed by atoms with E-state index < -0.39 is 0 Å². The van der Waals surface area contributed by atoms with Crippen molar-refractivity contribution in [1.82, 2.24) is 4.98 Å². The first-order chi connectivity index (χ1) is 6.29. The molecule has 1 saturated heterocycles. The highest BCUT2D eigenvalue weighted by Gasteiger charge is 2.28. The summed E-state index contributed by atoms with van der Waals surface area (Å²) in [5.74, 6) is 0.105. The number of aryl methyl sites for hydroxylation is 1. The number of nitrogens with zero attached hydrogens (tertiary/aromatic N) is 1. The van der Waals surface area contributed by atoms with Crippen molar-refractivity contribution in [2.24, 2.45) is 0 Å². The first-order valence-electron chi connectivity index (χ1n) is 4.46. The fraction of sp³-hybridized carbons (Fsp3) is 0.500. The van der Waals surface area contributed by atoms with Gasteiger partial charge in [-0.1, -0.05) is 6.07 Å². The van der Waals surface area contributed by atoms with Crippen molar-refractivity contribution in [2.45, 2.75) is 18.9 Å². The van der Waals surface area contributed by atoms with E-state index >= 15 is 0 Å². The molecule has 1 aromatic rings. The van der Waals surface area contributed by atoms with E-state index in [0.29, 0.717) is 13.2 Å². The minimum Gasteiger partial charge on any atom is -0.390 e. The van der Waals surface area contributed by atoms with Gasteiger partial charge >= 0.3 is 0 Å². The zero-order valence-corrected chi connectivity index (χ0v) is 7.60. The molecule has 0 bridgehead atoms. The van der Waals surface area contributed by atoms with Crippen LogP contribution in [0.5, 0.6) is 0 Å². The van der Waals surface area contributed by atoms with Crippen LogP contribution in [0.25, 0.3) is 0 Å². The average molecular weight is 179 g/mol. The first kappa shape index (κ1) is 8.66. The molecular weight excluding hydrogens is 166 g/mol. The number of aliphatic hydroxyl groups is 1. The topological polar surface area (TPSA) is 42.4 Å². The molecule has 2 atom stereocenters. The Morgan fingerprint density at radius 2 is 2.38 bits per heavy atom. The molecule has 1 N–H and O–H groups in total. The lowest BCUT2D eigenvalue weighted by Gasteiger charge is -2.13. The Balaban J connectivity index is 2.29. The summed E-state index contributed by atoms with van der Waals surface area (Å²) in [7, 11) is 0. The number of aromatic nitrogens is 1. The first-order valence-corrected chi connectivity index (χ1v) is 4.46. The van der Waals surface area contributed by atoms with E-state index in [4.69, 9.17) is 4.74 Å². The minimum absolute atomic E-state index is 0.105. The van der Waals surface area contributed by atoms with E-state index in [1.165, 1.54) is 0 Å². The molecule has 0 amide bonds. The SMILES string of the molecule is Cc1ncccc1[C@@H]1COC[C@H]1O. The van der Waals surface area contributed by atoms with Crippen LogP contribution < -0.4 is 0 Å². The molecule has 1 aliphatic rings. The standard InChI is InChI=1S/C10H13NO2/c1-7-8(3-2-4-11-7)9-5-13-6-10(9)12/h2-4,9-10,12H,5-6H2,1H3/t9-,10+/m0/s1. The van der Waals surface area contributed by atoms with Gasteiger partial charge in [-0.2, -0.15) is 0 Å². The van der Waals surface area contributed by atoms with Crippen LogP contribution in [0.2, 0.25) is 0 Å². The van der Waals surface area contributed by atoms with Crippen LogP contribution in [0, 0.1) is 6.92 Å². The minimum atomic E-state index is -0.372. The van der Waals surface area contributed by atoms with Crippen molar-refractivity contribution >= 4 is 0 Å². The quantitative estimate of drug-likeness (QED) is 0.695. The summed E-state index contributed by atoms with van der Waals surface area (Å²) in [6.45, 7) is 3.01. The van der Waals surface area contributed by atoms with E-state index in [0.717, 1.165) is 11.3 Å². The van der Waals surface area contributed by atoms with Crippen LogP contribution in [-0.2, 0) is 4.74 Å². The summed E-state index contributed by atoms with van der Waals surface area (Å²) in [6, 6.07) is 3.90. The second-order valence-corrected chi connectivity index (χ2v) is 3.39. The van der Waals surface area contributed by atoms with Gasteiger partial charge in [0.1, 0.15) is 0 Å². The van der Waals surface area contributed by atoms with E-state index in [2.05, 4.69) is 4.98 Å². The van der Waals surface area contributed by atoms with Crippen LogP contribution in [0.1, 0.15) is 17.2 Å². The Morgan fingerprint density at radius 3 is 3.00 bits per heavy atom. The molecular formula is C10H13NO2. The molecule has 0 unspecified atom stereocenters. The molecule has 0 aliphatic carbocycles. The highest BCUT2D eigenvalue weighted by atomic mass is 16.5. The third-order valence-corrected chi connectivity index (χ3v) is 2.50. The van der Waals surface area contributed by atoms with Gasteiger partial charge in [0, 0.05) is 17.8 Å². The zero-order valence-electron chi connectivity index (χ0n) is 7.60. The summed E-state index contributed by atoms with van der Waals surface area (Å²) in [6.07, 6.45) is 1.39. The highest BCUT2D eigenvalue weighted by Crippen LogP contribution is 2.26. The molecule has 2 heterocycles. The third kappa shape index (κ3) is 1.57. The normalized spacial score (nSPS) is 27.8. The van der Waals surface area contributed by atoms with Gasteiger partial charge in [0.05, 0.1) is 19.3 Å². The van der Waals surface area contributed by atoms with Gasteiger partial charge < -0.3 is 9.84 Å². The average Bonchev–Trinajstić information content (AvgIpc) is 2.52. The maximum Gasteiger partial charge on any atom is 0.0864 e. The second kappa shape index (κ2) is 3.44. The van der Waals surface area contributed by atoms with E-state index in [1.54, 1.807) is 6.20 Å². The van der Waals surface area contributed by atoms with Crippen molar-refractivity contribution in [2.75, 3.05) is 13.2 Å². The second-order valence-electron chi connectivity index (χ2n) is 3.39. The maximum atomic E-state index is 9.61. The molecule has 3 nitrogen and oxygen atoms in total. The van der Waals surface area contributed by atoms with E-state index in [9.17, 15) is 5.11 Å². The molecule has 1 aliphatic heterocycles. The van der Waals surface area contributed by atoms with Crippen LogP contribution in [0.3, 0.4) is 0 Å². The number of aliphatic hydroxyl groups excluding tert-OH is 1.